The summed E-state index contributed by atoms with van der Waals surface area (Å²) in [5.74, 6) is -0.0176. The van der Waals surface area contributed by atoms with Crippen molar-refractivity contribution < 1.29 is 14.0 Å². The summed E-state index contributed by atoms with van der Waals surface area (Å²) >= 11 is 0. The van der Waals surface area contributed by atoms with E-state index < -0.39 is 0 Å². The topological polar surface area (TPSA) is 45.6 Å². The Labute approximate surface area is 183 Å². The number of fused-ring (bicyclic) bond motifs is 2. The summed E-state index contributed by atoms with van der Waals surface area (Å²) in [5.41, 5.74) is 4.35. The van der Waals surface area contributed by atoms with E-state index in [0.29, 0.717) is 39.0 Å². The normalized spacial score (nSPS) is 20.5. The molecule has 1 aromatic heterocycles. The fraction of sp³-hybridized carbons (Fsp3) is 0.520. The lowest BCUT2D eigenvalue weighted by Crippen LogP contribution is -2.49. The van der Waals surface area contributed by atoms with E-state index in [1.807, 2.05) is 44.0 Å². The molecule has 31 heavy (non-hydrogen) atoms. The second-order valence-corrected chi connectivity index (χ2v) is 8.47. The van der Waals surface area contributed by atoms with Crippen LogP contribution in [-0.4, -0.2) is 65.1 Å². The van der Waals surface area contributed by atoms with Crippen molar-refractivity contribution in [3.63, 3.8) is 0 Å². The van der Waals surface area contributed by atoms with Gasteiger partial charge in [0.25, 0.3) is 0 Å². The van der Waals surface area contributed by atoms with Crippen LogP contribution in [0, 0.1) is 5.92 Å². The van der Waals surface area contributed by atoms with Gasteiger partial charge in [-0.25, -0.2) is 0 Å². The number of alkyl halides is 1. The average molecular weight is 426 g/mol. The van der Waals surface area contributed by atoms with Gasteiger partial charge in [-0.05, 0) is 49.5 Å². The van der Waals surface area contributed by atoms with Crippen molar-refractivity contribution in [3.8, 4) is 0 Å². The molecule has 6 heteroatoms. The zero-order chi connectivity index (χ0) is 22.1. The van der Waals surface area contributed by atoms with E-state index in [0.717, 1.165) is 34.0 Å². The van der Waals surface area contributed by atoms with Gasteiger partial charge in [-0.1, -0.05) is 25.1 Å². The molecule has 1 unspecified atom stereocenters. The first kappa shape index (κ1) is 21.8. The molecule has 1 aliphatic heterocycles. The molecular weight excluding hydrogens is 393 g/mol. The number of rotatable bonds is 7. The molecule has 1 aromatic carbocycles. The molecular formula is C25H32FN3O2. The summed E-state index contributed by atoms with van der Waals surface area (Å²) in [6.45, 7) is 8.13. The van der Waals surface area contributed by atoms with Gasteiger partial charge in [-0.2, -0.15) is 0 Å². The third-order valence-corrected chi connectivity index (χ3v) is 6.79. The smallest absolute Gasteiger partial charge is 0.230 e. The Bertz CT molecular complexity index is 1020. The van der Waals surface area contributed by atoms with Crippen LogP contribution in [0.4, 0.5) is 4.39 Å². The molecule has 0 fully saturated rings. The number of nitrogens with zero attached hydrogens (tertiary/aromatic N) is 3. The highest BCUT2D eigenvalue weighted by Crippen LogP contribution is 2.42. The van der Waals surface area contributed by atoms with E-state index in [2.05, 4.69) is 17.0 Å². The molecule has 166 valence electrons. The summed E-state index contributed by atoms with van der Waals surface area (Å²) in [4.78, 5) is 29.9. The summed E-state index contributed by atoms with van der Waals surface area (Å²) in [5, 5.41) is 1.12. The molecule has 2 atom stereocenters. The molecule has 2 heterocycles. The van der Waals surface area contributed by atoms with Crippen LogP contribution in [0.2, 0.25) is 0 Å². The van der Waals surface area contributed by atoms with Gasteiger partial charge in [0.2, 0.25) is 11.8 Å². The van der Waals surface area contributed by atoms with Gasteiger partial charge < -0.3 is 4.90 Å². The summed E-state index contributed by atoms with van der Waals surface area (Å²) in [6.07, 6.45) is 5.82. The van der Waals surface area contributed by atoms with Crippen LogP contribution in [0.25, 0.3) is 16.5 Å². The number of hydrogen-bond acceptors (Lipinski definition) is 3. The number of carbonyl (C=O) groups is 2. The van der Waals surface area contributed by atoms with Gasteiger partial charge in [0, 0.05) is 50.2 Å². The molecule has 1 amide bonds. The van der Waals surface area contributed by atoms with Crippen LogP contribution in [-0.2, 0) is 11.2 Å². The van der Waals surface area contributed by atoms with Gasteiger partial charge in [0.15, 0.2) is 0 Å². The van der Waals surface area contributed by atoms with E-state index >= 15 is 0 Å². The van der Waals surface area contributed by atoms with Crippen LogP contribution in [0.15, 0.2) is 30.5 Å². The summed E-state index contributed by atoms with van der Waals surface area (Å²) in [6, 6.07) is 6.20. The van der Waals surface area contributed by atoms with Gasteiger partial charge in [-0.15, -0.1) is 0 Å². The Hall–Kier alpha value is -2.47. The molecule has 0 spiro atoms. The Morgan fingerprint density at radius 3 is 2.65 bits per heavy atom. The maximum Gasteiger partial charge on any atom is 0.230 e. The van der Waals surface area contributed by atoms with E-state index in [-0.39, 0.29) is 30.4 Å². The minimum absolute atomic E-state index is 0.0797. The van der Waals surface area contributed by atoms with Gasteiger partial charge >= 0.3 is 0 Å². The van der Waals surface area contributed by atoms with Crippen molar-refractivity contribution in [2.45, 2.75) is 46.1 Å². The first-order valence-electron chi connectivity index (χ1n) is 11.5. The molecule has 0 saturated heterocycles. The van der Waals surface area contributed by atoms with Crippen molar-refractivity contribution in [3.05, 3.63) is 41.6 Å². The maximum absolute atomic E-state index is 13.2. The number of hydrogen-bond donors (Lipinski definition) is 0. The third kappa shape index (κ3) is 3.71. The Morgan fingerprint density at radius 2 is 1.97 bits per heavy atom. The molecule has 2 aromatic rings. The minimum Gasteiger partial charge on any atom is -0.343 e. The number of benzene rings is 1. The monoisotopic (exact) mass is 425 g/mol. The highest BCUT2D eigenvalue weighted by molar-refractivity contribution is 6.03. The molecule has 1 aliphatic carbocycles. The molecule has 0 bridgehead atoms. The molecule has 5 nitrogen and oxygen atoms in total. The van der Waals surface area contributed by atoms with E-state index in [1.54, 1.807) is 4.57 Å². The second kappa shape index (κ2) is 8.95. The van der Waals surface area contributed by atoms with Crippen LogP contribution in [0.1, 0.15) is 49.5 Å². The lowest BCUT2D eigenvalue weighted by molar-refractivity contribution is -0.134. The number of amides is 1. The minimum atomic E-state index is -0.362. The molecule has 4 rings (SSSR count). The number of aromatic nitrogens is 1. The van der Waals surface area contributed by atoms with Gasteiger partial charge in [0.1, 0.15) is 0 Å². The fourth-order valence-electron chi connectivity index (χ4n) is 5.24. The van der Waals surface area contributed by atoms with Gasteiger partial charge in [-0.3, -0.25) is 23.4 Å². The van der Waals surface area contributed by atoms with Crippen LogP contribution in [0.3, 0.4) is 0 Å². The second-order valence-electron chi connectivity index (χ2n) is 8.47. The highest BCUT2D eigenvalue weighted by Gasteiger charge is 2.38. The molecule has 0 N–H and O–H groups in total. The van der Waals surface area contributed by atoms with Crippen LogP contribution in [0.5, 0.6) is 0 Å². The molecule has 0 radical (unpaired) electrons. The highest BCUT2D eigenvalue weighted by atomic mass is 19.1. The van der Waals surface area contributed by atoms with Gasteiger partial charge in [0.05, 0.1) is 18.1 Å². The quantitative estimate of drug-likeness (QED) is 0.669. The Kier molecular flexibility index (Phi) is 6.28. The van der Waals surface area contributed by atoms with Crippen molar-refractivity contribution in [1.82, 2.24) is 14.4 Å². The Morgan fingerprint density at radius 1 is 1.19 bits per heavy atom. The predicted molar refractivity (Wildman–Crippen MR) is 122 cm³/mol. The standard InChI is InChI=1S/C25H32FN3O2/c1-4-23(30)29-16-17-14-22-20(19-9-7-10-21(29)24(17)19)13-18(15-28(22)12-8-11-26)25(31)27(5-2)6-3/h7,9-10,13,16,18,22H,4-6,8,11-12,14-15H2,1-3H3/t18-,22?/m1/s1. The van der Waals surface area contributed by atoms with Crippen LogP contribution < -0.4 is 0 Å². The zero-order valence-corrected chi connectivity index (χ0v) is 18.7. The molecule has 0 saturated carbocycles. The first-order valence-corrected chi connectivity index (χ1v) is 11.5. The third-order valence-electron chi connectivity index (χ3n) is 6.79. The summed E-state index contributed by atoms with van der Waals surface area (Å²) in [7, 11) is 0. The Balaban J connectivity index is 1.83. The van der Waals surface area contributed by atoms with E-state index in [1.165, 1.54) is 0 Å². The SMILES string of the molecule is CCC(=O)n1cc2c3c(cccc31)C1=C[C@@H](C(=O)N(CC)CC)CN(CCCF)C1C2. The maximum atomic E-state index is 13.2. The lowest BCUT2D eigenvalue weighted by atomic mass is 9.79. The van der Waals surface area contributed by atoms with Crippen molar-refractivity contribution >= 4 is 28.3 Å². The van der Waals surface area contributed by atoms with E-state index in [4.69, 9.17) is 0 Å². The van der Waals surface area contributed by atoms with Crippen molar-refractivity contribution in [2.75, 3.05) is 32.9 Å². The largest absolute Gasteiger partial charge is 0.343 e. The zero-order valence-electron chi connectivity index (χ0n) is 18.7. The van der Waals surface area contributed by atoms with Crippen LogP contribution >= 0.6 is 0 Å². The average Bonchev–Trinajstić information content (AvgIpc) is 3.17. The number of halogens is 1. The van der Waals surface area contributed by atoms with E-state index in [9.17, 15) is 14.0 Å². The predicted octanol–water partition coefficient (Wildman–Crippen LogP) is 4.16. The molecule has 2 aliphatic rings. The first-order chi connectivity index (χ1) is 15.0. The lowest BCUT2D eigenvalue weighted by Gasteiger charge is -2.42. The number of carbonyl (C=O) groups excluding carboxylic acids is 2. The van der Waals surface area contributed by atoms with Crippen molar-refractivity contribution in [2.24, 2.45) is 5.92 Å². The fourth-order valence-corrected chi connectivity index (χ4v) is 5.24. The summed E-state index contributed by atoms with van der Waals surface area (Å²) < 4.78 is 14.8. The van der Waals surface area contributed by atoms with Crippen molar-refractivity contribution in [1.29, 1.82) is 0 Å².